The van der Waals surface area contributed by atoms with E-state index in [1.165, 1.54) is 36.7 Å². The molecule has 0 aliphatic carbocycles. The Balaban J connectivity index is 1.96. The van der Waals surface area contributed by atoms with Gasteiger partial charge in [-0.3, -0.25) is 0 Å². The van der Waals surface area contributed by atoms with Crippen molar-refractivity contribution in [3.63, 3.8) is 0 Å². The van der Waals surface area contributed by atoms with E-state index < -0.39 is 25.9 Å². The monoisotopic (exact) mass is 419 g/mol. The molecule has 3 rings (SSSR count). The second-order valence-electron chi connectivity index (χ2n) is 6.78. The maximum absolute atomic E-state index is 13.4. The van der Waals surface area contributed by atoms with Gasteiger partial charge in [0.1, 0.15) is 0 Å². The molecule has 2 fully saturated rings. The minimum Gasteiger partial charge on any atom is -0.493 e. The van der Waals surface area contributed by atoms with Gasteiger partial charge in [-0.1, -0.05) is 0 Å². The van der Waals surface area contributed by atoms with Gasteiger partial charge in [0.25, 0.3) is 0 Å². The highest BCUT2D eigenvalue weighted by atomic mass is 32.2. The number of methoxy groups -OCH3 is 2. The number of ether oxygens (including phenoxy) is 3. The van der Waals surface area contributed by atoms with Crippen molar-refractivity contribution >= 4 is 19.9 Å². The summed E-state index contributed by atoms with van der Waals surface area (Å²) in [5, 5.41) is 0. The Morgan fingerprint density at radius 3 is 2.48 bits per heavy atom. The van der Waals surface area contributed by atoms with E-state index in [9.17, 15) is 16.8 Å². The van der Waals surface area contributed by atoms with Crippen LogP contribution in [0.15, 0.2) is 23.1 Å². The maximum Gasteiger partial charge on any atom is 0.243 e. The lowest BCUT2D eigenvalue weighted by atomic mass is 10.2. The molecule has 0 bridgehead atoms. The van der Waals surface area contributed by atoms with Crippen molar-refractivity contribution in [1.82, 2.24) is 4.31 Å². The molecular formula is C17H25NO7S2. The molecule has 2 saturated heterocycles. The molecule has 10 heteroatoms. The zero-order chi connectivity index (χ0) is 19.7. The first-order chi connectivity index (χ1) is 12.8. The van der Waals surface area contributed by atoms with Crippen LogP contribution in [0.2, 0.25) is 0 Å². The summed E-state index contributed by atoms with van der Waals surface area (Å²) in [6.45, 7) is 0.745. The summed E-state index contributed by atoms with van der Waals surface area (Å²) in [5.41, 5.74) is 0. The van der Waals surface area contributed by atoms with Crippen LogP contribution < -0.4 is 9.47 Å². The summed E-state index contributed by atoms with van der Waals surface area (Å²) >= 11 is 0. The van der Waals surface area contributed by atoms with Gasteiger partial charge in [-0.25, -0.2) is 16.8 Å². The van der Waals surface area contributed by atoms with Crippen molar-refractivity contribution in [2.24, 2.45) is 0 Å². The van der Waals surface area contributed by atoms with E-state index in [0.717, 1.165) is 12.8 Å². The molecule has 0 aromatic heterocycles. The van der Waals surface area contributed by atoms with Crippen LogP contribution in [0.3, 0.4) is 0 Å². The second kappa shape index (κ2) is 7.94. The van der Waals surface area contributed by atoms with Crippen molar-refractivity contribution in [1.29, 1.82) is 0 Å². The highest BCUT2D eigenvalue weighted by molar-refractivity contribution is 7.92. The van der Waals surface area contributed by atoms with E-state index in [1.807, 2.05) is 0 Å². The molecule has 1 aromatic rings. The Hall–Kier alpha value is -1.36. The van der Waals surface area contributed by atoms with Crippen LogP contribution >= 0.6 is 0 Å². The van der Waals surface area contributed by atoms with E-state index >= 15 is 0 Å². The van der Waals surface area contributed by atoms with Crippen molar-refractivity contribution in [3.8, 4) is 11.5 Å². The molecule has 2 aliphatic rings. The molecule has 0 unspecified atom stereocenters. The molecule has 0 saturated carbocycles. The maximum atomic E-state index is 13.4. The van der Waals surface area contributed by atoms with Gasteiger partial charge in [0.2, 0.25) is 10.0 Å². The summed E-state index contributed by atoms with van der Waals surface area (Å²) < 4.78 is 67.9. The SMILES string of the molecule is COc1ccc(S(=O)(=O)N(C[C@H]2CCCO2)[C@@H]2CCS(=O)(=O)C2)cc1OC. The lowest BCUT2D eigenvalue weighted by Crippen LogP contribution is -2.45. The van der Waals surface area contributed by atoms with Gasteiger partial charge >= 0.3 is 0 Å². The minimum absolute atomic E-state index is 0.00114. The number of rotatable bonds is 7. The Morgan fingerprint density at radius 1 is 1.19 bits per heavy atom. The average Bonchev–Trinajstić information content (AvgIpc) is 3.27. The Morgan fingerprint density at radius 2 is 1.93 bits per heavy atom. The average molecular weight is 420 g/mol. The third-order valence-corrected chi connectivity index (χ3v) is 8.65. The van der Waals surface area contributed by atoms with Crippen LogP contribution in [0, 0.1) is 0 Å². The molecule has 0 spiro atoms. The van der Waals surface area contributed by atoms with Crippen molar-refractivity contribution in [3.05, 3.63) is 18.2 Å². The molecule has 2 heterocycles. The number of sulfonamides is 1. The summed E-state index contributed by atoms with van der Waals surface area (Å²) in [7, 11) is -4.25. The van der Waals surface area contributed by atoms with Gasteiger partial charge in [0.05, 0.1) is 36.7 Å². The Bertz CT molecular complexity index is 877. The molecule has 0 radical (unpaired) electrons. The second-order valence-corrected chi connectivity index (χ2v) is 10.9. The molecule has 152 valence electrons. The highest BCUT2D eigenvalue weighted by Gasteiger charge is 2.40. The fourth-order valence-electron chi connectivity index (χ4n) is 3.55. The lowest BCUT2D eigenvalue weighted by Gasteiger charge is -2.29. The zero-order valence-electron chi connectivity index (χ0n) is 15.5. The first-order valence-electron chi connectivity index (χ1n) is 8.83. The van der Waals surface area contributed by atoms with E-state index in [4.69, 9.17) is 14.2 Å². The van der Waals surface area contributed by atoms with Gasteiger partial charge < -0.3 is 14.2 Å². The lowest BCUT2D eigenvalue weighted by molar-refractivity contribution is 0.0877. The predicted molar refractivity (Wildman–Crippen MR) is 99.5 cm³/mol. The number of nitrogens with zero attached hydrogens (tertiary/aromatic N) is 1. The summed E-state index contributed by atoms with van der Waals surface area (Å²) in [4.78, 5) is 0.0439. The molecule has 1 aromatic carbocycles. The van der Waals surface area contributed by atoms with Gasteiger partial charge in [-0.15, -0.1) is 0 Å². The molecule has 2 atom stereocenters. The first kappa shape index (κ1) is 20.4. The fourth-order valence-corrected chi connectivity index (χ4v) is 7.07. The molecular weight excluding hydrogens is 394 g/mol. The molecule has 2 aliphatic heterocycles. The minimum atomic E-state index is -3.93. The van der Waals surface area contributed by atoms with Crippen LogP contribution in [0.25, 0.3) is 0 Å². The van der Waals surface area contributed by atoms with Gasteiger partial charge in [-0.2, -0.15) is 4.31 Å². The molecule has 8 nitrogen and oxygen atoms in total. The van der Waals surface area contributed by atoms with Crippen LogP contribution in [0.5, 0.6) is 11.5 Å². The third kappa shape index (κ3) is 4.39. The smallest absolute Gasteiger partial charge is 0.243 e. The van der Waals surface area contributed by atoms with E-state index in [0.29, 0.717) is 24.5 Å². The number of sulfone groups is 1. The van der Waals surface area contributed by atoms with Crippen LogP contribution in [-0.4, -0.2) is 72.2 Å². The van der Waals surface area contributed by atoms with E-state index in [-0.39, 0.29) is 29.0 Å². The third-order valence-electron chi connectivity index (χ3n) is 4.98. The van der Waals surface area contributed by atoms with Crippen molar-refractivity contribution in [2.45, 2.75) is 36.3 Å². The zero-order valence-corrected chi connectivity index (χ0v) is 17.1. The summed E-state index contributed by atoms with van der Waals surface area (Å²) in [6, 6.07) is 3.79. The predicted octanol–water partition coefficient (Wildman–Crippen LogP) is 1.06. The van der Waals surface area contributed by atoms with Gasteiger partial charge in [0, 0.05) is 25.3 Å². The topological polar surface area (TPSA) is 99.2 Å². The summed E-state index contributed by atoms with van der Waals surface area (Å²) in [6.07, 6.45) is 1.71. The van der Waals surface area contributed by atoms with E-state index in [1.54, 1.807) is 0 Å². The van der Waals surface area contributed by atoms with E-state index in [2.05, 4.69) is 0 Å². The molecule has 0 N–H and O–H groups in total. The Labute approximate surface area is 160 Å². The molecule has 0 amide bonds. The normalized spacial score (nSPS) is 25.0. The quantitative estimate of drug-likeness (QED) is 0.652. The fraction of sp³-hybridized carbons (Fsp3) is 0.647. The van der Waals surface area contributed by atoms with Crippen molar-refractivity contribution in [2.75, 3.05) is 38.9 Å². The van der Waals surface area contributed by atoms with Crippen LogP contribution in [-0.2, 0) is 24.6 Å². The first-order valence-corrected chi connectivity index (χ1v) is 12.1. The van der Waals surface area contributed by atoms with Gasteiger partial charge in [0.15, 0.2) is 21.3 Å². The van der Waals surface area contributed by atoms with Crippen molar-refractivity contribution < 1.29 is 31.0 Å². The largest absolute Gasteiger partial charge is 0.493 e. The number of hydrogen-bond donors (Lipinski definition) is 0. The number of benzene rings is 1. The van der Waals surface area contributed by atoms with Crippen LogP contribution in [0.4, 0.5) is 0 Å². The Kier molecular flexibility index (Phi) is 5.99. The summed E-state index contributed by atoms with van der Waals surface area (Å²) in [5.74, 6) is 0.563. The number of hydrogen-bond acceptors (Lipinski definition) is 7. The highest BCUT2D eigenvalue weighted by Crippen LogP contribution is 2.33. The van der Waals surface area contributed by atoms with Crippen LogP contribution in [0.1, 0.15) is 19.3 Å². The molecule has 27 heavy (non-hydrogen) atoms. The van der Waals surface area contributed by atoms with Gasteiger partial charge in [-0.05, 0) is 31.4 Å². The standard InChI is InChI=1S/C17H25NO7S2/c1-23-16-6-5-15(10-17(16)24-2)27(21,22)18(11-14-4-3-8-25-14)13-7-9-26(19,20)12-13/h5-6,10,13-14H,3-4,7-9,11-12H2,1-2H3/t13-,14-/m1/s1.